The minimum atomic E-state index is -0.650. The van der Waals surface area contributed by atoms with Crippen molar-refractivity contribution >= 4 is 41.2 Å². The molecule has 0 aliphatic heterocycles. The fraction of sp³-hybridized carbons (Fsp3) is 0. The molecule has 0 bridgehead atoms. The van der Waals surface area contributed by atoms with E-state index in [0.717, 1.165) is 0 Å². The molecule has 0 unspecified atom stereocenters. The molecule has 0 rings (SSSR count). The molecule has 0 aliphatic rings. The lowest BCUT2D eigenvalue weighted by atomic mass is 10.9. The first-order valence-corrected chi connectivity index (χ1v) is 2.62. The maximum atomic E-state index is 9.66. The van der Waals surface area contributed by atoms with Gasteiger partial charge in [-0.3, -0.25) is 9.59 Å². The molecule has 0 saturated heterocycles. The molecule has 0 radical (unpaired) electrons. The van der Waals surface area contributed by atoms with Crippen molar-refractivity contribution in [1.29, 1.82) is 0 Å². The summed E-state index contributed by atoms with van der Waals surface area (Å²) in [5, 5.41) is 0. The molecule has 0 aromatic rings. The Labute approximate surface area is 51.2 Å². The molecule has 4 heteroatoms. The van der Waals surface area contributed by atoms with Crippen LogP contribution in [0.25, 0.3) is 0 Å². The molecule has 0 fully saturated rings. The molecule has 0 spiro atoms. The summed E-state index contributed by atoms with van der Waals surface area (Å²) in [6.07, 6.45) is 0. The van der Waals surface area contributed by atoms with Crippen LogP contribution in [0.5, 0.6) is 0 Å². The van der Waals surface area contributed by atoms with Crippen LogP contribution in [-0.2, 0) is 9.59 Å². The molecule has 0 amide bonds. The number of hydrogen-bond acceptors (Lipinski definition) is 2. The summed E-state index contributed by atoms with van der Waals surface area (Å²) < 4.78 is -1.30. The Morgan fingerprint density at radius 3 is 1.17 bits per heavy atom. The van der Waals surface area contributed by atoms with E-state index in [2.05, 4.69) is 31.9 Å². The van der Waals surface area contributed by atoms with E-state index in [4.69, 9.17) is 0 Å². The van der Waals surface area contributed by atoms with Crippen molar-refractivity contribution < 1.29 is 9.59 Å². The summed E-state index contributed by atoms with van der Waals surface area (Å²) in [5.74, 6) is 0. The fourth-order valence-electron chi connectivity index (χ4n) is 0. The Morgan fingerprint density at radius 2 is 1.17 bits per heavy atom. The van der Waals surface area contributed by atoms with Crippen molar-refractivity contribution in [3.8, 4) is 0 Å². The fourth-order valence-corrected chi connectivity index (χ4v) is 0. The Morgan fingerprint density at radius 1 is 1.00 bits per heavy atom. The molecule has 0 saturated carbocycles. The third-order valence-corrected chi connectivity index (χ3v) is 1.41. The Kier molecular flexibility index (Phi) is 2.59. The average Bonchev–Trinajstić information content (AvgIpc) is 1.36. The first kappa shape index (κ1) is 6.30. The SMILES string of the molecule is O=C(Br)C(=O)Br. The third-order valence-electron chi connectivity index (χ3n) is 0.155. The van der Waals surface area contributed by atoms with Gasteiger partial charge in [-0.25, -0.2) is 0 Å². The maximum Gasteiger partial charge on any atom is 0.275 e. The van der Waals surface area contributed by atoms with Gasteiger partial charge in [-0.05, 0) is 0 Å². The summed E-state index contributed by atoms with van der Waals surface area (Å²) in [5.41, 5.74) is 0. The van der Waals surface area contributed by atoms with E-state index >= 15 is 0 Å². The van der Waals surface area contributed by atoms with Gasteiger partial charge in [0.15, 0.2) is 0 Å². The van der Waals surface area contributed by atoms with Crippen LogP contribution in [0, 0.1) is 0 Å². The molecule has 0 aromatic carbocycles. The first-order chi connectivity index (χ1) is 2.64. The molecule has 0 aliphatic carbocycles. The van der Waals surface area contributed by atoms with E-state index in [0.29, 0.717) is 0 Å². The highest BCUT2D eigenvalue weighted by Gasteiger charge is 2.00. The summed E-state index contributed by atoms with van der Waals surface area (Å²) in [7, 11) is 0. The van der Waals surface area contributed by atoms with E-state index in [1.165, 1.54) is 0 Å². The van der Waals surface area contributed by atoms with Crippen LogP contribution >= 0.6 is 31.9 Å². The lowest BCUT2D eigenvalue weighted by molar-refractivity contribution is -0.125. The van der Waals surface area contributed by atoms with E-state index in [1.54, 1.807) is 0 Å². The second-order valence-electron chi connectivity index (χ2n) is 0.547. The Bertz CT molecular complexity index is 75.5. The maximum absolute atomic E-state index is 9.66. The number of carbonyl (C=O) groups is 2. The van der Waals surface area contributed by atoms with Crippen LogP contribution in [0.15, 0.2) is 0 Å². The number of rotatable bonds is 1. The van der Waals surface area contributed by atoms with Crippen molar-refractivity contribution in [1.82, 2.24) is 0 Å². The minimum Gasteiger partial charge on any atom is -0.277 e. The Balaban J connectivity index is 3.57. The van der Waals surface area contributed by atoms with Crippen LogP contribution < -0.4 is 0 Å². The van der Waals surface area contributed by atoms with Gasteiger partial charge in [0.2, 0.25) is 0 Å². The van der Waals surface area contributed by atoms with Crippen LogP contribution in [0.3, 0.4) is 0 Å². The van der Waals surface area contributed by atoms with Crippen LogP contribution in [0.4, 0.5) is 0 Å². The molecule has 2 nitrogen and oxygen atoms in total. The monoisotopic (exact) mass is 214 g/mol. The van der Waals surface area contributed by atoms with Crippen LogP contribution in [0.2, 0.25) is 0 Å². The summed E-state index contributed by atoms with van der Waals surface area (Å²) in [6.45, 7) is 0. The van der Waals surface area contributed by atoms with Crippen molar-refractivity contribution in [3.63, 3.8) is 0 Å². The summed E-state index contributed by atoms with van der Waals surface area (Å²) >= 11 is 4.81. The van der Waals surface area contributed by atoms with Gasteiger partial charge in [0, 0.05) is 31.9 Å². The highest BCUT2D eigenvalue weighted by molar-refractivity contribution is 9.24. The van der Waals surface area contributed by atoms with Crippen molar-refractivity contribution in [2.24, 2.45) is 0 Å². The second-order valence-corrected chi connectivity index (χ2v) is 1.99. The smallest absolute Gasteiger partial charge is 0.275 e. The largest absolute Gasteiger partial charge is 0.277 e. The standard InChI is InChI=1S/C2Br2O2/c3-1(5)2(4)6. The Hall–Kier alpha value is 0.300. The van der Waals surface area contributed by atoms with Crippen molar-refractivity contribution in [2.45, 2.75) is 0 Å². The van der Waals surface area contributed by atoms with Crippen molar-refractivity contribution in [3.05, 3.63) is 0 Å². The minimum absolute atomic E-state index is 0.650. The molecule has 34 valence electrons. The highest BCUT2D eigenvalue weighted by atomic mass is 79.9. The zero-order valence-corrected chi connectivity index (χ0v) is 5.74. The average molecular weight is 216 g/mol. The van der Waals surface area contributed by atoms with Crippen LogP contribution in [0.1, 0.15) is 0 Å². The molecule has 0 N–H and O–H groups in total. The number of hydrogen-bond donors (Lipinski definition) is 0. The highest BCUT2D eigenvalue weighted by Crippen LogP contribution is 1.91. The predicted octanol–water partition coefficient (Wildman–Crippen LogP) is 0.829. The number of halogens is 2. The molecule has 6 heavy (non-hydrogen) atoms. The zero-order valence-electron chi connectivity index (χ0n) is 2.57. The van der Waals surface area contributed by atoms with Gasteiger partial charge in [-0.1, -0.05) is 0 Å². The van der Waals surface area contributed by atoms with Gasteiger partial charge in [0.25, 0.3) is 9.39 Å². The molecule has 0 aromatic heterocycles. The molecule has 0 atom stereocenters. The molecular formula is C2Br2O2. The van der Waals surface area contributed by atoms with Gasteiger partial charge in [0.1, 0.15) is 0 Å². The molecule has 0 heterocycles. The topological polar surface area (TPSA) is 34.1 Å². The third kappa shape index (κ3) is 2.53. The van der Waals surface area contributed by atoms with Gasteiger partial charge >= 0.3 is 0 Å². The van der Waals surface area contributed by atoms with Crippen molar-refractivity contribution in [2.75, 3.05) is 0 Å². The van der Waals surface area contributed by atoms with Crippen LogP contribution in [-0.4, -0.2) is 9.39 Å². The van der Waals surface area contributed by atoms with Gasteiger partial charge < -0.3 is 0 Å². The predicted molar refractivity (Wildman–Crippen MR) is 27.9 cm³/mol. The van der Waals surface area contributed by atoms with E-state index in [-0.39, 0.29) is 0 Å². The van der Waals surface area contributed by atoms with E-state index < -0.39 is 9.39 Å². The quantitative estimate of drug-likeness (QED) is 0.480. The first-order valence-electron chi connectivity index (χ1n) is 1.04. The lowest BCUT2D eigenvalue weighted by Gasteiger charge is -1.68. The lowest BCUT2D eigenvalue weighted by Crippen LogP contribution is -1.92. The van der Waals surface area contributed by atoms with E-state index in [9.17, 15) is 9.59 Å². The zero-order chi connectivity index (χ0) is 5.15. The second kappa shape index (κ2) is 2.47. The molecular weight excluding hydrogens is 216 g/mol. The normalized spacial score (nSPS) is 7.67. The summed E-state index contributed by atoms with van der Waals surface area (Å²) in [6, 6.07) is 0. The number of carbonyl (C=O) groups excluding carboxylic acids is 2. The van der Waals surface area contributed by atoms with Gasteiger partial charge in [0.05, 0.1) is 0 Å². The van der Waals surface area contributed by atoms with E-state index in [1.807, 2.05) is 0 Å². The van der Waals surface area contributed by atoms with Gasteiger partial charge in [-0.15, -0.1) is 0 Å². The summed E-state index contributed by atoms with van der Waals surface area (Å²) in [4.78, 5) is 19.3. The van der Waals surface area contributed by atoms with Gasteiger partial charge in [-0.2, -0.15) is 0 Å².